The number of anilines is 1. The van der Waals surface area contributed by atoms with Crippen molar-refractivity contribution in [1.82, 2.24) is 19.5 Å². The van der Waals surface area contributed by atoms with Crippen LogP contribution in [0.2, 0.25) is 0 Å². The van der Waals surface area contributed by atoms with Crippen LogP contribution in [0.25, 0.3) is 11.2 Å². The van der Waals surface area contributed by atoms with Crippen LogP contribution in [0, 0.1) is 0 Å². The van der Waals surface area contributed by atoms with Crippen molar-refractivity contribution in [3.05, 3.63) is 138 Å². The standard InChI is InChI=1S/C37H37N5O4/c1-26(22-23-42-25-39-33-34(42)40-36(38)41-35(33)45-24-27-10-6-4-7-11-27)46-37(28-12-8-5-9-13-28,29-14-18-31(43-2)19-15-29)30-16-20-32(44-3)21-17-30/h4-21,25-26H,22-24H2,1-3H3,(H2,38,40,41). The maximum atomic E-state index is 7.19. The topological polar surface area (TPSA) is 107 Å². The maximum absolute atomic E-state index is 7.19. The van der Waals surface area contributed by atoms with Crippen LogP contribution in [-0.4, -0.2) is 39.8 Å². The molecule has 9 heteroatoms. The van der Waals surface area contributed by atoms with E-state index >= 15 is 0 Å². The van der Waals surface area contributed by atoms with Crippen molar-refractivity contribution < 1.29 is 18.9 Å². The number of imidazole rings is 1. The molecule has 234 valence electrons. The number of ether oxygens (including phenoxy) is 4. The molecule has 4 aromatic carbocycles. The Morgan fingerprint density at radius 1 is 0.739 bits per heavy atom. The summed E-state index contributed by atoms with van der Waals surface area (Å²) in [5.74, 6) is 2.03. The van der Waals surface area contributed by atoms with Crippen molar-refractivity contribution in [2.24, 2.45) is 0 Å². The van der Waals surface area contributed by atoms with Crippen LogP contribution in [0.15, 0.2) is 116 Å². The van der Waals surface area contributed by atoms with E-state index in [-0.39, 0.29) is 12.1 Å². The molecule has 2 N–H and O–H groups in total. The molecule has 0 saturated heterocycles. The van der Waals surface area contributed by atoms with Gasteiger partial charge in [-0.2, -0.15) is 9.97 Å². The molecule has 0 amide bonds. The Morgan fingerprint density at radius 3 is 1.89 bits per heavy atom. The van der Waals surface area contributed by atoms with Crippen LogP contribution in [-0.2, 0) is 23.5 Å². The summed E-state index contributed by atoms with van der Waals surface area (Å²) < 4.78 is 26.1. The summed E-state index contributed by atoms with van der Waals surface area (Å²) >= 11 is 0. The van der Waals surface area contributed by atoms with Crippen LogP contribution in [0.5, 0.6) is 17.4 Å². The summed E-state index contributed by atoms with van der Waals surface area (Å²) in [6.45, 7) is 3.02. The van der Waals surface area contributed by atoms with Crippen molar-refractivity contribution in [3.8, 4) is 17.4 Å². The molecule has 0 bridgehead atoms. The number of hydrogen-bond acceptors (Lipinski definition) is 8. The summed E-state index contributed by atoms with van der Waals surface area (Å²) in [7, 11) is 3.33. The molecule has 0 fully saturated rings. The number of nitrogens with zero attached hydrogens (tertiary/aromatic N) is 4. The molecule has 0 saturated carbocycles. The van der Waals surface area contributed by atoms with Crippen molar-refractivity contribution in [3.63, 3.8) is 0 Å². The largest absolute Gasteiger partial charge is 0.497 e. The second kappa shape index (κ2) is 13.7. The predicted octanol–water partition coefficient (Wildman–Crippen LogP) is 6.79. The minimum atomic E-state index is -0.915. The lowest BCUT2D eigenvalue weighted by molar-refractivity contribution is -0.0433. The third kappa shape index (κ3) is 6.36. The zero-order valence-corrected chi connectivity index (χ0v) is 26.2. The summed E-state index contributed by atoms with van der Waals surface area (Å²) in [4.78, 5) is 13.4. The van der Waals surface area contributed by atoms with Gasteiger partial charge in [0.25, 0.3) is 0 Å². The van der Waals surface area contributed by atoms with Gasteiger partial charge in [0.05, 0.1) is 26.7 Å². The minimum Gasteiger partial charge on any atom is -0.497 e. The Bertz CT molecular complexity index is 1810. The number of aryl methyl sites for hydroxylation is 1. The number of nitrogens with two attached hydrogens (primary N) is 1. The Kier molecular flexibility index (Phi) is 9.12. The van der Waals surface area contributed by atoms with Gasteiger partial charge >= 0.3 is 0 Å². The molecule has 9 nitrogen and oxygen atoms in total. The highest BCUT2D eigenvalue weighted by molar-refractivity contribution is 5.77. The van der Waals surface area contributed by atoms with E-state index in [0.29, 0.717) is 36.6 Å². The molecule has 1 unspecified atom stereocenters. The van der Waals surface area contributed by atoms with Gasteiger partial charge in [-0.25, -0.2) is 4.98 Å². The Labute approximate surface area is 268 Å². The molecular weight excluding hydrogens is 578 g/mol. The fourth-order valence-corrected chi connectivity index (χ4v) is 5.63. The summed E-state index contributed by atoms with van der Waals surface area (Å²) in [5.41, 5.74) is 10.4. The summed E-state index contributed by atoms with van der Waals surface area (Å²) in [6.07, 6.45) is 2.21. The second-order valence-electron chi connectivity index (χ2n) is 11.0. The fourth-order valence-electron chi connectivity index (χ4n) is 5.63. The molecule has 2 aromatic heterocycles. The van der Waals surface area contributed by atoms with Crippen molar-refractivity contribution in [2.75, 3.05) is 20.0 Å². The first-order valence-corrected chi connectivity index (χ1v) is 15.2. The molecule has 6 rings (SSSR count). The number of aromatic nitrogens is 4. The molecule has 46 heavy (non-hydrogen) atoms. The first-order valence-electron chi connectivity index (χ1n) is 15.2. The monoisotopic (exact) mass is 615 g/mol. The average molecular weight is 616 g/mol. The lowest BCUT2D eigenvalue weighted by Crippen LogP contribution is -2.36. The number of rotatable bonds is 13. The number of hydrogen-bond donors (Lipinski definition) is 1. The summed E-state index contributed by atoms with van der Waals surface area (Å²) in [5, 5.41) is 0. The van der Waals surface area contributed by atoms with Crippen molar-refractivity contribution in [1.29, 1.82) is 0 Å². The first-order chi connectivity index (χ1) is 22.5. The first kappa shape index (κ1) is 30.6. The fraction of sp³-hybridized carbons (Fsp3) is 0.216. The van der Waals surface area contributed by atoms with Crippen LogP contribution in [0.1, 0.15) is 35.6 Å². The number of nitrogen functional groups attached to an aromatic ring is 1. The molecule has 0 aliphatic heterocycles. The lowest BCUT2D eigenvalue weighted by Gasteiger charge is -2.38. The van der Waals surface area contributed by atoms with E-state index in [1.165, 1.54) is 0 Å². The number of benzene rings is 4. The number of methoxy groups -OCH3 is 2. The Morgan fingerprint density at radius 2 is 1.30 bits per heavy atom. The van der Waals surface area contributed by atoms with Crippen LogP contribution in [0.4, 0.5) is 5.95 Å². The van der Waals surface area contributed by atoms with E-state index < -0.39 is 5.60 Å². The molecule has 2 heterocycles. The van der Waals surface area contributed by atoms with Gasteiger partial charge < -0.3 is 29.2 Å². The van der Waals surface area contributed by atoms with E-state index in [1.807, 2.05) is 77.4 Å². The number of fused-ring (bicyclic) bond motifs is 1. The highest BCUT2D eigenvalue weighted by atomic mass is 16.5. The van der Waals surface area contributed by atoms with Gasteiger partial charge in [-0.3, -0.25) is 0 Å². The lowest BCUT2D eigenvalue weighted by atomic mass is 9.79. The molecule has 0 aliphatic carbocycles. The van der Waals surface area contributed by atoms with Crippen LogP contribution < -0.4 is 19.9 Å². The van der Waals surface area contributed by atoms with E-state index in [0.717, 1.165) is 33.8 Å². The van der Waals surface area contributed by atoms with E-state index in [2.05, 4.69) is 58.3 Å². The normalized spacial score (nSPS) is 12.2. The zero-order valence-electron chi connectivity index (χ0n) is 26.2. The Balaban J connectivity index is 1.30. The zero-order chi connectivity index (χ0) is 31.9. The van der Waals surface area contributed by atoms with Gasteiger partial charge in [-0.1, -0.05) is 84.9 Å². The van der Waals surface area contributed by atoms with Gasteiger partial charge in [0.2, 0.25) is 11.8 Å². The van der Waals surface area contributed by atoms with Crippen molar-refractivity contribution >= 4 is 17.1 Å². The third-order valence-corrected chi connectivity index (χ3v) is 8.00. The summed E-state index contributed by atoms with van der Waals surface area (Å²) in [6, 6.07) is 36.2. The molecule has 0 spiro atoms. The van der Waals surface area contributed by atoms with E-state index in [4.69, 9.17) is 24.7 Å². The maximum Gasteiger partial charge on any atom is 0.247 e. The van der Waals surface area contributed by atoms with Crippen LogP contribution >= 0.6 is 0 Å². The quantitative estimate of drug-likeness (QED) is 0.142. The van der Waals surface area contributed by atoms with Gasteiger partial charge in [0, 0.05) is 6.54 Å². The third-order valence-electron chi connectivity index (χ3n) is 8.00. The average Bonchev–Trinajstić information content (AvgIpc) is 3.52. The Hall–Kier alpha value is -5.41. The highest BCUT2D eigenvalue weighted by Gasteiger charge is 2.39. The molecular formula is C37H37N5O4. The van der Waals surface area contributed by atoms with Crippen molar-refractivity contribution in [2.45, 2.75) is 38.2 Å². The van der Waals surface area contributed by atoms with E-state index in [9.17, 15) is 0 Å². The van der Waals surface area contributed by atoms with Gasteiger partial charge in [0.15, 0.2) is 11.2 Å². The van der Waals surface area contributed by atoms with Gasteiger partial charge in [-0.15, -0.1) is 0 Å². The van der Waals surface area contributed by atoms with Gasteiger partial charge in [-0.05, 0) is 59.9 Å². The van der Waals surface area contributed by atoms with E-state index in [1.54, 1.807) is 20.5 Å². The SMILES string of the molecule is COc1ccc(C(OC(C)CCn2cnc3c(OCc4ccccc4)nc(N)nc32)(c2ccccc2)c2ccc(OC)cc2)cc1. The molecule has 0 aliphatic rings. The highest BCUT2D eigenvalue weighted by Crippen LogP contribution is 2.43. The minimum absolute atomic E-state index is 0.128. The van der Waals surface area contributed by atoms with Crippen LogP contribution in [0.3, 0.4) is 0 Å². The molecule has 6 aromatic rings. The molecule has 1 atom stereocenters. The smallest absolute Gasteiger partial charge is 0.247 e. The van der Waals surface area contributed by atoms with Gasteiger partial charge in [0.1, 0.15) is 23.7 Å². The predicted molar refractivity (Wildman–Crippen MR) is 178 cm³/mol. The molecule has 0 radical (unpaired) electrons. The second-order valence-corrected chi connectivity index (χ2v) is 11.0.